The van der Waals surface area contributed by atoms with Crippen LogP contribution < -0.4 is 0 Å². The molecule has 0 aromatic heterocycles. The zero-order chi connectivity index (χ0) is 8.04. The molecule has 0 bridgehead atoms. The van der Waals surface area contributed by atoms with Crippen molar-refractivity contribution in [1.29, 1.82) is 0 Å². The average Bonchev–Trinajstić information content (AvgIpc) is 1.78. The van der Waals surface area contributed by atoms with Crippen LogP contribution in [0.1, 0.15) is 6.92 Å². The van der Waals surface area contributed by atoms with E-state index in [0.29, 0.717) is 0 Å². The molecule has 0 spiro atoms. The first-order valence-corrected chi connectivity index (χ1v) is 8.85. The first-order valence-electron chi connectivity index (χ1n) is 3.64. The van der Waals surface area contributed by atoms with E-state index in [2.05, 4.69) is 35.8 Å². The van der Waals surface area contributed by atoms with Crippen LogP contribution in [0.25, 0.3) is 0 Å². The third kappa shape index (κ3) is 8.24. The number of nitrogens with zero attached hydrogens (tertiary/aromatic N) is 1. The van der Waals surface area contributed by atoms with E-state index in [0.717, 1.165) is 6.54 Å². The maximum absolute atomic E-state index is 4.15. The van der Waals surface area contributed by atoms with Crippen molar-refractivity contribution in [3.05, 3.63) is 0 Å². The Morgan fingerprint density at radius 3 is 2.40 bits per heavy atom. The molecule has 0 unspecified atom stereocenters. The molecule has 0 aromatic rings. The SMILES string of the molecule is CC=NCCS[Si](C)(C)C. The molecule has 3 heteroatoms. The Labute approximate surface area is 69.0 Å². The number of aliphatic imine (C=N–C) groups is 1. The van der Waals surface area contributed by atoms with Crippen LogP contribution in [0.2, 0.25) is 19.6 Å². The standard InChI is InChI=1S/C7H17NSSi/c1-5-8-6-7-9-10(2,3)4/h5H,6-7H2,1-4H3. The topological polar surface area (TPSA) is 12.4 Å². The molecule has 0 aliphatic carbocycles. The van der Waals surface area contributed by atoms with E-state index in [4.69, 9.17) is 0 Å². The quantitative estimate of drug-likeness (QED) is 0.363. The van der Waals surface area contributed by atoms with Gasteiger partial charge in [-0.2, -0.15) is 11.2 Å². The van der Waals surface area contributed by atoms with E-state index in [1.807, 2.05) is 13.1 Å². The van der Waals surface area contributed by atoms with E-state index >= 15 is 0 Å². The Hall–Kier alpha value is 0.237. The van der Waals surface area contributed by atoms with Crippen molar-refractivity contribution in [3.8, 4) is 0 Å². The first-order chi connectivity index (χ1) is 4.56. The van der Waals surface area contributed by atoms with Gasteiger partial charge in [0, 0.05) is 12.3 Å². The van der Waals surface area contributed by atoms with Crippen molar-refractivity contribution < 1.29 is 0 Å². The number of hydrogen-bond acceptors (Lipinski definition) is 2. The van der Waals surface area contributed by atoms with Crippen LogP contribution in [0.3, 0.4) is 0 Å². The minimum atomic E-state index is -0.864. The van der Waals surface area contributed by atoms with Crippen molar-refractivity contribution in [3.63, 3.8) is 0 Å². The molecule has 0 saturated carbocycles. The van der Waals surface area contributed by atoms with Crippen molar-refractivity contribution in [2.45, 2.75) is 26.6 Å². The summed E-state index contributed by atoms with van der Waals surface area (Å²) in [4.78, 5) is 4.15. The van der Waals surface area contributed by atoms with Crippen LogP contribution in [-0.2, 0) is 0 Å². The lowest BCUT2D eigenvalue weighted by atomic mass is 10.7. The van der Waals surface area contributed by atoms with E-state index in [1.54, 1.807) is 0 Å². The molecule has 0 fully saturated rings. The lowest BCUT2D eigenvalue weighted by Crippen LogP contribution is -2.15. The molecule has 0 aliphatic rings. The second-order valence-electron chi connectivity index (χ2n) is 3.13. The highest BCUT2D eigenvalue weighted by molar-refractivity contribution is 8.28. The highest BCUT2D eigenvalue weighted by Gasteiger charge is 2.11. The summed E-state index contributed by atoms with van der Waals surface area (Å²) >= 11 is 2.10. The fourth-order valence-corrected chi connectivity index (χ4v) is 3.45. The van der Waals surface area contributed by atoms with Crippen molar-refractivity contribution in [2.24, 2.45) is 4.99 Å². The molecule has 10 heavy (non-hydrogen) atoms. The number of rotatable bonds is 4. The van der Waals surface area contributed by atoms with Crippen LogP contribution in [0.15, 0.2) is 4.99 Å². The van der Waals surface area contributed by atoms with E-state index in [9.17, 15) is 0 Å². The monoisotopic (exact) mass is 175 g/mol. The molecule has 0 aromatic carbocycles. The second kappa shape index (κ2) is 4.96. The van der Waals surface area contributed by atoms with Gasteiger partial charge in [0.1, 0.15) is 7.22 Å². The van der Waals surface area contributed by atoms with Gasteiger partial charge in [-0.05, 0) is 13.1 Å². The van der Waals surface area contributed by atoms with Crippen LogP contribution in [0.5, 0.6) is 0 Å². The van der Waals surface area contributed by atoms with Gasteiger partial charge in [0.05, 0.1) is 0 Å². The maximum Gasteiger partial charge on any atom is 0.108 e. The molecule has 0 amide bonds. The van der Waals surface area contributed by atoms with Gasteiger partial charge in [-0.15, -0.1) is 0 Å². The van der Waals surface area contributed by atoms with Gasteiger partial charge in [-0.25, -0.2) is 0 Å². The molecule has 60 valence electrons. The van der Waals surface area contributed by atoms with E-state index in [-0.39, 0.29) is 0 Å². The van der Waals surface area contributed by atoms with Crippen molar-refractivity contribution in [1.82, 2.24) is 0 Å². The van der Waals surface area contributed by atoms with Gasteiger partial charge in [0.2, 0.25) is 0 Å². The molecule has 0 aliphatic heterocycles. The van der Waals surface area contributed by atoms with Gasteiger partial charge in [-0.3, -0.25) is 4.99 Å². The molecular formula is C7H17NSSi. The van der Waals surface area contributed by atoms with Crippen LogP contribution in [-0.4, -0.2) is 25.7 Å². The number of hydrogen-bond donors (Lipinski definition) is 0. The molecule has 0 rings (SSSR count). The van der Waals surface area contributed by atoms with Crippen molar-refractivity contribution >= 4 is 24.6 Å². The normalized spacial score (nSPS) is 12.8. The van der Waals surface area contributed by atoms with Crippen molar-refractivity contribution in [2.75, 3.05) is 12.3 Å². The fourth-order valence-electron chi connectivity index (χ4n) is 0.534. The van der Waals surface area contributed by atoms with E-state index < -0.39 is 7.22 Å². The molecule has 0 heterocycles. The summed E-state index contributed by atoms with van der Waals surface area (Å²) in [6.45, 7) is 10.1. The summed E-state index contributed by atoms with van der Waals surface area (Å²) in [6.07, 6.45) is 1.88. The molecule has 0 atom stereocenters. The highest BCUT2D eigenvalue weighted by atomic mass is 32.4. The Bertz CT molecular complexity index is 107. The Morgan fingerprint density at radius 1 is 1.40 bits per heavy atom. The van der Waals surface area contributed by atoms with Gasteiger partial charge in [0.25, 0.3) is 0 Å². The van der Waals surface area contributed by atoms with Gasteiger partial charge < -0.3 is 0 Å². The lowest BCUT2D eigenvalue weighted by Gasteiger charge is -2.13. The van der Waals surface area contributed by atoms with Gasteiger partial charge in [0.15, 0.2) is 0 Å². The maximum atomic E-state index is 4.15. The summed E-state index contributed by atoms with van der Waals surface area (Å²) in [5.41, 5.74) is 0. The van der Waals surface area contributed by atoms with Gasteiger partial charge >= 0.3 is 0 Å². The third-order valence-corrected chi connectivity index (χ3v) is 5.40. The zero-order valence-electron chi connectivity index (χ0n) is 7.35. The summed E-state index contributed by atoms with van der Waals surface area (Å²) < 4.78 is 0. The van der Waals surface area contributed by atoms with Crippen LogP contribution in [0, 0.1) is 0 Å². The fraction of sp³-hybridized carbons (Fsp3) is 0.857. The predicted molar refractivity (Wildman–Crippen MR) is 54.8 cm³/mol. The van der Waals surface area contributed by atoms with Crippen LogP contribution in [0.4, 0.5) is 0 Å². The smallest absolute Gasteiger partial charge is 0.108 e. The molecule has 0 saturated heterocycles. The minimum Gasteiger partial charge on any atom is -0.297 e. The summed E-state index contributed by atoms with van der Waals surface area (Å²) in [6, 6.07) is 0. The predicted octanol–water partition coefficient (Wildman–Crippen LogP) is 2.65. The first kappa shape index (κ1) is 10.2. The summed E-state index contributed by atoms with van der Waals surface area (Å²) in [5, 5.41) is 0. The molecule has 0 N–H and O–H groups in total. The Balaban J connectivity index is 3.20. The third-order valence-electron chi connectivity index (χ3n) is 0.938. The van der Waals surface area contributed by atoms with E-state index in [1.165, 1.54) is 5.75 Å². The summed E-state index contributed by atoms with van der Waals surface area (Å²) in [5.74, 6) is 1.19. The highest BCUT2D eigenvalue weighted by Crippen LogP contribution is 2.18. The average molecular weight is 175 g/mol. The Morgan fingerprint density at radius 2 is 2.00 bits per heavy atom. The molecule has 1 nitrogen and oxygen atoms in total. The lowest BCUT2D eigenvalue weighted by molar-refractivity contribution is 1.16. The molecule has 0 radical (unpaired) electrons. The summed E-state index contributed by atoms with van der Waals surface area (Å²) in [7, 11) is -0.864. The minimum absolute atomic E-state index is 0.864. The largest absolute Gasteiger partial charge is 0.297 e. The molecular weight excluding hydrogens is 158 g/mol. The second-order valence-corrected chi connectivity index (χ2v) is 12.6. The van der Waals surface area contributed by atoms with Crippen LogP contribution >= 0.6 is 11.2 Å². The van der Waals surface area contributed by atoms with Gasteiger partial charge in [-0.1, -0.05) is 19.6 Å². The Kier molecular flexibility index (Phi) is 5.08. The zero-order valence-corrected chi connectivity index (χ0v) is 9.16.